The summed E-state index contributed by atoms with van der Waals surface area (Å²) >= 11 is 0. The molecule has 0 atom stereocenters. The SMILES string of the molecule is COc1ccc(NC(=O)/C(C#N)=C/c2cc(OC)c(OC)c(OC)c2)cc1OC. The maximum absolute atomic E-state index is 12.6. The van der Waals surface area contributed by atoms with E-state index in [2.05, 4.69) is 5.32 Å². The predicted molar refractivity (Wildman–Crippen MR) is 108 cm³/mol. The molecule has 0 aromatic heterocycles. The van der Waals surface area contributed by atoms with Crippen LogP contribution in [0.3, 0.4) is 0 Å². The summed E-state index contributed by atoms with van der Waals surface area (Å²) in [5.74, 6) is 1.65. The molecule has 1 amide bonds. The van der Waals surface area contributed by atoms with E-state index in [1.54, 1.807) is 30.3 Å². The van der Waals surface area contributed by atoms with Gasteiger partial charge in [0, 0.05) is 11.8 Å². The van der Waals surface area contributed by atoms with Crippen LogP contribution in [0.2, 0.25) is 0 Å². The van der Waals surface area contributed by atoms with Crippen molar-refractivity contribution in [3.8, 4) is 34.8 Å². The molecule has 2 aromatic carbocycles. The van der Waals surface area contributed by atoms with Gasteiger partial charge in [0.05, 0.1) is 35.5 Å². The standard InChI is InChI=1S/C21H22N2O6/c1-25-16-7-6-15(11-17(16)26-2)23-21(24)14(12-22)8-13-9-18(27-3)20(29-5)19(10-13)28-4/h6-11H,1-5H3,(H,23,24)/b14-8+. The smallest absolute Gasteiger partial charge is 0.266 e. The lowest BCUT2D eigenvalue weighted by Gasteiger charge is -2.13. The van der Waals surface area contributed by atoms with Crippen LogP contribution in [0, 0.1) is 11.3 Å². The molecule has 0 aliphatic heterocycles. The van der Waals surface area contributed by atoms with Gasteiger partial charge in [-0.2, -0.15) is 5.26 Å². The summed E-state index contributed by atoms with van der Waals surface area (Å²) in [7, 11) is 7.48. The van der Waals surface area contributed by atoms with E-state index in [1.165, 1.54) is 41.6 Å². The molecule has 8 heteroatoms. The number of hydrogen-bond acceptors (Lipinski definition) is 7. The molecule has 29 heavy (non-hydrogen) atoms. The molecule has 0 bridgehead atoms. The summed E-state index contributed by atoms with van der Waals surface area (Å²) in [5, 5.41) is 12.1. The Hall–Kier alpha value is -3.86. The maximum Gasteiger partial charge on any atom is 0.266 e. The van der Waals surface area contributed by atoms with E-state index in [0.717, 1.165) is 0 Å². The van der Waals surface area contributed by atoms with Gasteiger partial charge in [-0.15, -0.1) is 0 Å². The number of nitrogens with zero attached hydrogens (tertiary/aromatic N) is 1. The molecule has 0 aliphatic carbocycles. The molecule has 0 spiro atoms. The van der Waals surface area contributed by atoms with Crippen LogP contribution in [-0.4, -0.2) is 41.5 Å². The van der Waals surface area contributed by atoms with Gasteiger partial charge in [-0.05, 0) is 35.9 Å². The van der Waals surface area contributed by atoms with Crippen molar-refractivity contribution in [2.75, 3.05) is 40.9 Å². The zero-order valence-electron chi connectivity index (χ0n) is 16.9. The van der Waals surface area contributed by atoms with E-state index >= 15 is 0 Å². The van der Waals surface area contributed by atoms with Crippen molar-refractivity contribution in [1.82, 2.24) is 0 Å². The van der Waals surface area contributed by atoms with E-state index in [1.807, 2.05) is 6.07 Å². The van der Waals surface area contributed by atoms with Crippen LogP contribution in [0.25, 0.3) is 6.08 Å². The Kier molecular flexibility index (Phi) is 7.32. The minimum Gasteiger partial charge on any atom is -0.493 e. The molecule has 1 N–H and O–H groups in total. The Morgan fingerprint density at radius 2 is 1.45 bits per heavy atom. The second-order valence-corrected chi connectivity index (χ2v) is 5.65. The first kappa shape index (κ1) is 21.4. The Bertz CT molecular complexity index is 937. The summed E-state index contributed by atoms with van der Waals surface area (Å²) in [5.41, 5.74) is 0.895. The first-order valence-corrected chi connectivity index (χ1v) is 8.46. The highest BCUT2D eigenvalue weighted by Gasteiger charge is 2.15. The van der Waals surface area contributed by atoms with Gasteiger partial charge in [0.2, 0.25) is 5.75 Å². The number of nitrogens with one attached hydrogen (secondary N) is 1. The van der Waals surface area contributed by atoms with E-state index in [0.29, 0.717) is 40.0 Å². The summed E-state index contributed by atoms with van der Waals surface area (Å²) in [4.78, 5) is 12.6. The fourth-order valence-corrected chi connectivity index (χ4v) is 2.61. The van der Waals surface area contributed by atoms with Crippen LogP contribution in [0.5, 0.6) is 28.7 Å². The quantitative estimate of drug-likeness (QED) is 0.538. The normalized spacial score (nSPS) is 10.6. The topological polar surface area (TPSA) is 99.0 Å². The van der Waals surface area contributed by atoms with Crippen molar-refractivity contribution >= 4 is 17.7 Å². The average molecular weight is 398 g/mol. The Balaban J connectivity index is 2.35. The second-order valence-electron chi connectivity index (χ2n) is 5.65. The van der Waals surface area contributed by atoms with Crippen LogP contribution in [-0.2, 0) is 4.79 Å². The van der Waals surface area contributed by atoms with Crippen LogP contribution in [0.1, 0.15) is 5.56 Å². The zero-order chi connectivity index (χ0) is 21.4. The van der Waals surface area contributed by atoms with Gasteiger partial charge < -0.3 is 29.0 Å². The zero-order valence-corrected chi connectivity index (χ0v) is 16.9. The number of rotatable bonds is 8. The van der Waals surface area contributed by atoms with Gasteiger partial charge in [-0.3, -0.25) is 4.79 Å². The first-order valence-electron chi connectivity index (χ1n) is 8.46. The molecule has 0 saturated heterocycles. The lowest BCUT2D eigenvalue weighted by molar-refractivity contribution is -0.112. The molecular formula is C21H22N2O6. The van der Waals surface area contributed by atoms with Crippen LogP contribution >= 0.6 is 0 Å². The van der Waals surface area contributed by atoms with Gasteiger partial charge in [0.15, 0.2) is 23.0 Å². The molecule has 0 saturated carbocycles. The third kappa shape index (κ3) is 4.90. The summed E-state index contributed by atoms with van der Waals surface area (Å²) < 4.78 is 26.3. The molecule has 0 unspecified atom stereocenters. The third-order valence-corrected chi connectivity index (χ3v) is 4.00. The maximum atomic E-state index is 12.6. The summed E-state index contributed by atoms with van der Waals surface area (Å²) in [6.45, 7) is 0. The number of benzene rings is 2. The van der Waals surface area contributed by atoms with Crippen molar-refractivity contribution in [2.24, 2.45) is 0 Å². The van der Waals surface area contributed by atoms with Gasteiger partial charge in [0.1, 0.15) is 11.6 Å². The Labute approximate surface area is 169 Å². The minimum absolute atomic E-state index is 0.103. The number of amides is 1. The van der Waals surface area contributed by atoms with Crippen molar-refractivity contribution < 1.29 is 28.5 Å². The van der Waals surface area contributed by atoms with E-state index in [9.17, 15) is 10.1 Å². The number of hydrogen-bond donors (Lipinski definition) is 1. The molecule has 0 aliphatic rings. The van der Waals surface area contributed by atoms with Crippen molar-refractivity contribution in [2.45, 2.75) is 0 Å². The molecule has 0 heterocycles. The fourth-order valence-electron chi connectivity index (χ4n) is 2.61. The highest BCUT2D eigenvalue weighted by atomic mass is 16.5. The Morgan fingerprint density at radius 3 is 1.93 bits per heavy atom. The molecule has 0 radical (unpaired) electrons. The Morgan fingerprint density at radius 1 is 0.862 bits per heavy atom. The van der Waals surface area contributed by atoms with Crippen molar-refractivity contribution in [3.05, 3.63) is 41.5 Å². The predicted octanol–water partition coefficient (Wildman–Crippen LogP) is 3.28. The number of methoxy groups -OCH3 is 5. The minimum atomic E-state index is -0.575. The molecule has 2 rings (SSSR count). The van der Waals surface area contributed by atoms with E-state index in [-0.39, 0.29) is 5.57 Å². The van der Waals surface area contributed by atoms with Gasteiger partial charge >= 0.3 is 0 Å². The van der Waals surface area contributed by atoms with Gasteiger partial charge in [-0.25, -0.2) is 0 Å². The molecular weight excluding hydrogens is 376 g/mol. The highest BCUT2D eigenvalue weighted by Crippen LogP contribution is 2.38. The monoisotopic (exact) mass is 398 g/mol. The molecule has 2 aromatic rings. The lowest BCUT2D eigenvalue weighted by Crippen LogP contribution is -2.13. The largest absolute Gasteiger partial charge is 0.493 e. The van der Waals surface area contributed by atoms with Crippen LogP contribution < -0.4 is 29.0 Å². The lowest BCUT2D eigenvalue weighted by atomic mass is 10.1. The van der Waals surface area contributed by atoms with Crippen molar-refractivity contribution in [3.63, 3.8) is 0 Å². The van der Waals surface area contributed by atoms with Crippen molar-refractivity contribution in [1.29, 1.82) is 5.26 Å². The molecule has 0 fully saturated rings. The highest BCUT2D eigenvalue weighted by molar-refractivity contribution is 6.09. The number of carbonyl (C=O) groups is 1. The summed E-state index contributed by atoms with van der Waals surface area (Å²) in [6.07, 6.45) is 1.43. The second kappa shape index (κ2) is 9.90. The number of nitriles is 1. The number of anilines is 1. The first-order chi connectivity index (χ1) is 14.0. The molecule has 8 nitrogen and oxygen atoms in total. The number of carbonyl (C=O) groups excluding carboxylic acids is 1. The van der Waals surface area contributed by atoms with Crippen LogP contribution in [0.15, 0.2) is 35.9 Å². The molecule has 152 valence electrons. The number of ether oxygens (including phenoxy) is 5. The summed E-state index contributed by atoms with van der Waals surface area (Å²) in [6, 6.07) is 10.1. The third-order valence-electron chi connectivity index (χ3n) is 4.00. The van der Waals surface area contributed by atoms with E-state index < -0.39 is 5.91 Å². The van der Waals surface area contributed by atoms with E-state index in [4.69, 9.17) is 23.7 Å². The fraction of sp³-hybridized carbons (Fsp3) is 0.238. The van der Waals surface area contributed by atoms with Gasteiger partial charge in [0.25, 0.3) is 5.91 Å². The average Bonchev–Trinajstić information content (AvgIpc) is 2.76. The van der Waals surface area contributed by atoms with Crippen LogP contribution in [0.4, 0.5) is 5.69 Å². The van der Waals surface area contributed by atoms with Gasteiger partial charge in [-0.1, -0.05) is 0 Å².